The lowest BCUT2D eigenvalue weighted by molar-refractivity contribution is -0.122. The normalized spacial score (nSPS) is 10.3. The van der Waals surface area contributed by atoms with E-state index in [9.17, 15) is 9.59 Å². The first-order valence-corrected chi connectivity index (χ1v) is 9.33. The highest BCUT2D eigenvalue weighted by Gasteiger charge is 2.13. The van der Waals surface area contributed by atoms with Crippen LogP contribution in [0.4, 0.5) is 5.69 Å². The molecule has 2 N–H and O–H groups in total. The molecule has 27 heavy (non-hydrogen) atoms. The summed E-state index contributed by atoms with van der Waals surface area (Å²) in [5, 5.41) is 5.36. The summed E-state index contributed by atoms with van der Waals surface area (Å²) in [5.74, 6) is 0.0477. The molecule has 0 atom stereocenters. The van der Waals surface area contributed by atoms with Crippen LogP contribution in [0.15, 0.2) is 66.9 Å². The van der Waals surface area contributed by atoms with Crippen molar-refractivity contribution >= 4 is 40.1 Å². The lowest BCUT2D eigenvalue weighted by Crippen LogP contribution is -2.24. The molecule has 0 aliphatic rings. The van der Waals surface area contributed by atoms with Crippen molar-refractivity contribution in [2.75, 3.05) is 19.0 Å². The predicted molar refractivity (Wildman–Crippen MR) is 112 cm³/mol. The van der Waals surface area contributed by atoms with Gasteiger partial charge in [0.25, 0.3) is 11.8 Å². The van der Waals surface area contributed by atoms with E-state index in [-0.39, 0.29) is 18.4 Å². The van der Waals surface area contributed by atoms with Gasteiger partial charge >= 0.3 is 0 Å². The number of hydrogen-bond donors (Lipinski definition) is 2. The monoisotopic (exact) mass is 475 g/mol. The van der Waals surface area contributed by atoms with Crippen molar-refractivity contribution in [2.24, 2.45) is 0 Å². The van der Waals surface area contributed by atoms with E-state index in [1.165, 1.54) is 0 Å². The van der Waals surface area contributed by atoms with Crippen molar-refractivity contribution in [3.05, 3.63) is 76.1 Å². The van der Waals surface area contributed by atoms with Crippen molar-refractivity contribution in [2.45, 2.75) is 0 Å². The molecule has 1 heterocycles. The zero-order chi connectivity index (χ0) is 19.2. The Morgan fingerprint density at radius 1 is 1.07 bits per heavy atom. The number of carbonyl (C=O) groups excluding carboxylic acids is 2. The summed E-state index contributed by atoms with van der Waals surface area (Å²) in [4.78, 5) is 24.0. The Morgan fingerprint density at radius 3 is 2.67 bits per heavy atom. The third-order valence-corrected chi connectivity index (χ3v) is 4.48. The first-order chi connectivity index (χ1) is 13.1. The van der Waals surface area contributed by atoms with Gasteiger partial charge in [0.05, 0.1) is 0 Å². The summed E-state index contributed by atoms with van der Waals surface area (Å²) in [6.07, 6.45) is 1.85. The fourth-order valence-corrected chi connectivity index (χ4v) is 3.02. The molecule has 3 rings (SSSR count). The summed E-state index contributed by atoms with van der Waals surface area (Å²) in [6, 6.07) is 18.4. The number of halogens is 1. The zero-order valence-electron chi connectivity index (χ0n) is 14.6. The van der Waals surface area contributed by atoms with Crippen LogP contribution in [0.25, 0.3) is 5.69 Å². The van der Waals surface area contributed by atoms with Crippen LogP contribution in [0.5, 0.6) is 5.75 Å². The minimum Gasteiger partial charge on any atom is -0.484 e. The van der Waals surface area contributed by atoms with Gasteiger partial charge in [-0.25, -0.2) is 0 Å². The third kappa shape index (κ3) is 4.88. The number of carbonyl (C=O) groups is 2. The van der Waals surface area contributed by atoms with Gasteiger partial charge in [0.1, 0.15) is 11.4 Å². The second-order valence-corrected chi connectivity index (χ2v) is 6.93. The van der Waals surface area contributed by atoms with Gasteiger partial charge in [0, 0.05) is 34.3 Å². The maximum atomic E-state index is 12.7. The van der Waals surface area contributed by atoms with Crippen LogP contribution in [0.2, 0.25) is 0 Å². The summed E-state index contributed by atoms with van der Waals surface area (Å²) >= 11 is 2.24. The van der Waals surface area contributed by atoms with Crippen LogP contribution in [0, 0.1) is 3.57 Å². The first kappa shape index (κ1) is 19.0. The summed E-state index contributed by atoms with van der Waals surface area (Å²) in [5.41, 5.74) is 2.03. The molecule has 0 radical (unpaired) electrons. The second kappa shape index (κ2) is 8.72. The number of amides is 2. The minimum absolute atomic E-state index is 0.0800. The smallest absolute Gasteiger partial charge is 0.272 e. The predicted octanol–water partition coefficient (Wildman–Crippen LogP) is 3.46. The highest BCUT2D eigenvalue weighted by Crippen LogP contribution is 2.20. The van der Waals surface area contributed by atoms with E-state index in [1.54, 1.807) is 37.4 Å². The van der Waals surface area contributed by atoms with Gasteiger partial charge in [0.15, 0.2) is 6.61 Å². The molecule has 6 nitrogen and oxygen atoms in total. The molecule has 138 valence electrons. The molecule has 0 fully saturated rings. The van der Waals surface area contributed by atoms with Gasteiger partial charge < -0.3 is 19.9 Å². The number of nitrogens with one attached hydrogen (secondary N) is 2. The number of nitrogens with zero attached hydrogens (tertiary/aromatic N) is 1. The van der Waals surface area contributed by atoms with Crippen LogP contribution in [0.1, 0.15) is 10.5 Å². The van der Waals surface area contributed by atoms with Crippen molar-refractivity contribution in [3.8, 4) is 11.4 Å². The fraction of sp³-hybridized carbons (Fsp3) is 0.100. The molecule has 1 aromatic heterocycles. The maximum Gasteiger partial charge on any atom is 0.272 e. The van der Waals surface area contributed by atoms with Crippen molar-refractivity contribution in [3.63, 3.8) is 0 Å². The maximum absolute atomic E-state index is 12.7. The first-order valence-electron chi connectivity index (χ1n) is 8.25. The topological polar surface area (TPSA) is 72.4 Å². The van der Waals surface area contributed by atoms with E-state index in [2.05, 4.69) is 33.2 Å². The lowest BCUT2D eigenvalue weighted by atomic mass is 10.2. The Kier molecular flexibility index (Phi) is 6.12. The summed E-state index contributed by atoms with van der Waals surface area (Å²) in [7, 11) is 1.55. The number of rotatable bonds is 6. The van der Waals surface area contributed by atoms with Crippen LogP contribution in [-0.4, -0.2) is 30.0 Å². The quantitative estimate of drug-likeness (QED) is 0.537. The van der Waals surface area contributed by atoms with Gasteiger partial charge in [-0.05, 0) is 65.1 Å². The Balaban J connectivity index is 1.75. The molecule has 0 bridgehead atoms. The number of aromatic nitrogens is 1. The highest BCUT2D eigenvalue weighted by atomic mass is 127. The van der Waals surface area contributed by atoms with Crippen molar-refractivity contribution in [1.29, 1.82) is 0 Å². The summed E-state index contributed by atoms with van der Waals surface area (Å²) in [6.45, 7) is -0.0800. The number of likely N-dealkylation sites (N-methyl/N-ethyl adjacent to an activating group) is 1. The molecule has 7 heteroatoms. The Labute approximate surface area is 170 Å². The average molecular weight is 475 g/mol. The van der Waals surface area contributed by atoms with E-state index in [4.69, 9.17) is 4.74 Å². The van der Waals surface area contributed by atoms with Gasteiger partial charge in [-0.15, -0.1) is 0 Å². The van der Waals surface area contributed by atoms with E-state index in [0.717, 1.165) is 9.26 Å². The standard InChI is InChI=1S/C20H18IN3O3/c1-22-19(25)13-27-17-8-3-6-15(12-17)23-20(26)18-9-4-10-24(18)16-7-2-5-14(21)11-16/h2-12H,13H2,1H3,(H,22,25)(H,23,26). The SMILES string of the molecule is CNC(=O)COc1cccc(NC(=O)c2cccn2-c2cccc(I)c2)c1. The van der Waals surface area contributed by atoms with E-state index < -0.39 is 0 Å². The molecular formula is C20H18IN3O3. The average Bonchev–Trinajstić information content (AvgIpc) is 3.16. The molecule has 2 amide bonds. The Morgan fingerprint density at radius 2 is 1.89 bits per heavy atom. The fourth-order valence-electron chi connectivity index (χ4n) is 2.50. The highest BCUT2D eigenvalue weighted by molar-refractivity contribution is 14.1. The number of anilines is 1. The van der Waals surface area contributed by atoms with Crippen LogP contribution < -0.4 is 15.4 Å². The third-order valence-electron chi connectivity index (χ3n) is 3.81. The van der Waals surface area contributed by atoms with Gasteiger partial charge in [-0.2, -0.15) is 0 Å². The van der Waals surface area contributed by atoms with Crippen LogP contribution in [-0.2, 0) is 4.79 Å². The van der Waals surface area contributed by atoms with Crippen LogP contribution >= 0.6 is 22.6 Å². The van der Waals surface area contributed by atoms with E-state index in [0.29, 0.717) is 17.1 Å². The van der Waals surface area contributed by atoms with Gasteiger partial charge in [-0.1, -0.05) is 12.1 Å². The number of benzene rings is 2. The van der Waals surface area contributed by atoms with Crippen LogP contribution in [0.3, 0.4) is 0 Å². The molecule has 3 aromatic rings. The summed E-state index contributed by atoms with van der Waals surface area (Å²) < 4.78 is 8.33. The largest absolute Gasteiger partial charge is 0.484 e. The van der Waals surface area contributed by atoms with Crippen molar-refractivity contribution < 1.29 is 14.3 Å². The molecule has 0 saturated carbocycles. The molecular weight excluding hydrogens is 457 g/mol. The molecule has 0 unspecified atom stereocenters. The molecule has 0 aliphatic heterocycles. The Bertz CT molecular complexity index is 968. The minimum atomic E-state index is -0.234. The van der Waals surface area contributed by atoms with Crippen molar-refractivity contribution in [1.82, 2.24) is 9.88 Å². The molecule has 0 spiro atoms. The van der Waals surface area contributed by atoms with E-state index in [1.807, 2.05) is 41.1 Å². The number of hydrogen-bond acceptors (Lipinski definition) is 3. The lowest BCUT2D eigenvalue weighted by Gasteiger charge is -2.11. The molecule has 2 aromatic carbocycles. The zero-order valence-corrected chi connectivity index (χ0v) is 16.8. The number of ether oxygens (including phenoxy) is 1. The molecule has 0 saturated heterocycles. The Hall–Kier alpha value is -2.81. The second-order valence-electron chi connectivity index (χ2n) is 5.69. The van der Waals surface area contributed by atoms with E-state index >= 15 is 0 Å². The van der Waals surface area contributed by atoms with Gasteiger partial charge in [0.2, 0.25) is 0 Å². The van der Waals surface area contributed by atoms with Gasteiger partial charge in [-0.3, -0.25) is 9.59 Å². The molecule has 0 aliphatic carbocycles.